The van der Waals surface area contributed by atoms with Crippen LogP contribution in [0.1, 0.15) is 21.8 Å². The lowest BCUT2D eigenvalue weighted by Crippen LogP contribution is -2.11. The normalized spacial score (nSPS) is 10.7. The van der Waals surface area contributed by atoms with Crippen LogP contribution in [0.3, 0.4) is 0 Å². The summed E-state index contributed by atoms with van der Waals surface area (Å²) < 4.78 is 11.2. The molecule has 4 aromatic rings. The Labute approximate surface area is 156 Å². The van der Waals surface area contributed by atoms with Crippen molar-refractivity contribution >= 4 is 22.7 Å². The van der Waals surface area contributed by atoms with E-state index in [-0.39, 0.29) is 5.91 Å². The highest BCUT2D eigenvalue weighted by Gasteiger charge is 2.09. The van der Waals surface area contributed by atoms with E-state index in [1.54, 1.807) is 49.4 Å². The SMILES string of the molecule is Cc1nc2cc(NC(=O)c3ccc(OCc4ccccc4)cc3)ccc2o1. The smallest absolute Gasteiger partial charge is 0.255 e. The Hall–Kier alpha value is -3.60. The zero-order valence-electron chi connectivity index (χ0n) is 14.8. The molecule has 3 aromatic carbocycles. The Morgan fingerprint density at radius 1 is 1.04 bits per heavy atom. The van der Waals surface area contributed by atoms with Gasteiger partial charge in [-0.05, 0) is 48.0 Å². The minimum absolute atomic E-state index is 0.191. The molecule has 0 unspecified atom stereocenters. The van der Waals surface area contributed by atoms with E-state index in [1.165, 1.54) is 0 Å². The van der Waals surface area contributed by atoms with E-state index in [9.17, 15) is 4.79 Å². The van der Waals surface area contributed by atoms with E-state index < -0.39 is 0 Å². The van der Waals surface area contributed by atoms with Crippen LogP contribution in [0.4, 0.5) is 5.69 Å². The summed E-state index contributed by atoms with van der Waals surface area (Å²) in [7, 11) is 0. The van der Waals surface area contributed by atoms with E-state index in [0.29, 0.717) is 29.3 Å². The molecule has 0 aliphatic heterocycles. The highest BCUT2D eigenvalue weighted by molar-refractivity contribution is 6.04. The van der Waals surface area contributed by atoms with Gasteiger partial charge in [-0.2, -0.15) is 0 Å². The van der Waals surface area contributed by atoms with Crippen molar-refractivity contribution in [2.24, 2.45) is 0 Å². The number of nitrogens with zero attached hydrogens (tertiary/aromatic N) is 1. The maximum Gasteiger partial charge on any atom is 0.255 e. The van der Waals surface area contributed by atoms with Crippen LogP contribution in [0.5, 0.6) is 5.75 Å². The van der Waals surface area contributed by atoms with Gasteiger partial charge in [0.2, 0.25) is 0 Å². The molecule has 4 rings (SSSR count). The number of carbonyl (C=O) groups excluding carboxylic acids is 1. The number of rotatable bonds is 5. The highest BCUT2D eigenvalue weighted by atomic mass is 16.5. The molecular formula is C22H18N2O3. The molecule has 0 atom stereocenters. The number of amides is 1. The van der Waals surface area contributed by atoms with E-state index in [0.717, 1.165) is 16.8 Å². The van der Waals surface area contributed by atoms with Crippen LogP contribution in [0, 0.1) is 6.92 Å². The number of nitrogens with one attached hydrogen (secondary N) is 1. The van der Waals surface area contributed by atoms with Crippen molar-refractivity contribution in [3.05, 3.63) is 89.8 Å². The summed E-state index contributed by atoms with van der Waals surface area (Å²) in [5.74, 6) is 1.12. The molecule has 134 valence electrons. The van der Waals surface area contributed by atoms with Gasteiger partial charge in [-0.25, -0.2) is 4.98 Å². The fraction of sp³-hybridized carbons (Fsp3) is 0.0909. The Balaban J connectivity index is 1.40. The van der Waals surface area contributed by atoms with E-state index >= 15 is 0 Å². The second-order valence-corrected chi connectivity index (χ2v) is 6.17. The van der Waals surface area contributed by atoms with E-state index in [2.05, 4.69) is 10.3 Å². The van der Waals surface area contributed by atoms with Crippen LogP contribution in [0.15, 0.2) is 77.2 Å². The molecule has 0 aliphatic rings. The van der Waals surface area contributed by atoms with Gasteiger partial charge in [-0.3, -0.25) is 4.79 Å². The minimum atomic E-state index is -0.191. The number of benzene rings is 3. The molecular weight excluding hydrogens is 340 g/mol. The van der Waals surface area contributed by atoms with Crippen molar-refractivity contribution < 1.29 is 13.9 Å². The standard InChI is InChI=1S/C22H18N2O3/c1-15-23-20-13-18(9-12-21(20)27-15)24-22(25)17-7-10-19(11-8-17)26-14-16-5-3-2-4-6-16/h2-13H,14H2,1H3,(H,24,25). The summed E-state index contributed by atoms with van der Waals surface area (Å²) in [5.41, 5.74) is 3.74. The third-order valence-electron chi connectivity index (χ3n) is 4.12. The largest absolute Gasteiger partial charge is 0.489 e. The molecule has 0 saturated carbocycles. The lowest BCUT2D eigenvalue weighted by atomic mass is 10.2. The molecule has 5 nitrogen and oxygen atoms in total. The molecule has 1 N–H and O–H groups in total. The third kappa shape index (κ3) is 3.98. The van der Waals surface area contributed by atoms with E-state index in [1.807, 2.05) is 30.3 Å². The summed E-state index contributed by atoms with van der Waals surface area (Å²) in [5, 5.41) is 2.88. The number of anilines is 1. The van der Waals surface area contributed by atoms with Gasteiger partial charge in [0.1, 0.15) is 17.9 Å². The molecule has 0 bridgehead atoms. The Kier molecular flexibility index (Phi) is 4.58. The topological polar surface area (TPSA) is 64.4 Å². The summed E-state index contributed by atoms with van der Waals surface area (Å²) >= 11 is 0. The van der Waals surface area contributed by atoms with Gasteiger partial charge in [0.05, 0.1) is 0 Å². The van der Waals surface area contributed by atoms with Crippen LogP contribution in [0.25, 0.3) is 11.1 Å². The van der Waals surface area contributed by atoms with Gasteiger partial charge in [0.25, 0.3) is 5.91 Å². The average Bonchev–Trinajstić information content (AvgIpc) is 3.07. The zero-order valence-corrected chi connectivity index (χ0v) is 14.8. The highest BCUT2D eigenvalue weighted by Crippen LogP contribution is 2.21. The summed E-state index contributed by atoms with van der Waals surface area (Å²) in [4.78, 5) is 16.7. The van der Waals surface area contributed by atoms with Crippen LogP contribution >= 0.6 is 0 Å². The molecule has 0 aliphatic carbocycles. The zero-order chi connectivity index (χ0) is 18.6. The summed E-state index contributed by atoms with van der Waals surface area (Å²) in [6.45, 7) is 2.28. The number of aromatic nitrogens is 1. The lowest BCUT2D eigenvalue weighted by molar-refractivity contribution is 0.102. The number of oxazole rings is 1. The number of ether oxygens (including phenoxy) is 1. The number of hydrogen-bond acceptors (Lipinski definition) is 4. The lowest BCUT2D eigenvalue weighted by Gasteiger charge is -2.08. The van der Waals surface area contributed by atoms with Crippen molar-refractivity contribution in [3.63, 3.8) is 0 Å². The first kappa shape index (κ1) is 16.8. The quantitative estimate of drug-likeness (QED) is 0.547. The molecule has 0 fully saturated rings. The molecule has 5 heteroatoms. The monoisotopic (exact) mass is 358 g/mol. The maximum atomic E-state index is 12.5. The van der Waals surface area contributed by atoms with Crippen LogP contribution in [-0.2, 0) is 6.61 Å². The summed E-state index contributed by atoms with van der Waals surface area (Å²) in [6, 6.07) is 22.4. The number of aryl methyl sites for hydroxylation is 1. The van der Waals surface area contributed by atoms with Crippen LogP contribution < -0.4 is 10.1 Å². The van der Waals surface area contributed by atoms with Crippen LogP contribution in [0.2, 0.25) is 0 Å². The second-order valence-electron chi connectivity index (χ2n) is 6.17. The van der Waals surface area contributed by atoms with Gasteiger partial charge < -0.3 is 14.5 Å². The van der Waals surface area contributed by atoms with Gasteiger partial charge in [0.15, 0.2) is 11.5 Å². The molecule has 0 spiro atoms. The van der Waals surface area contributed by atoms with Gasteiger partial charge in [-0.15, -0.1) is 0 Å². The fourth-order valence-corrected chi connectivity index (χ4v) is 2.77. The van der Waals surface area contributed by atoms with E-state index in [4.69, 9.17) is 9.15 Å². The molecule has 1 heterocycles. The molecule has 0 saturated heterocycles. The minimum Gasteiger partial charge on any atom is -0.489 e. The predicted octanol–water partition coefficient (Wildman–Crippen LogP) is 4.97. The Bertz CT molecular complexity index is 1070. The van der Waals surface area contributed by atoms with Crippen molar-refractivity contribution in [1.82, 2.24) is 4.98 Å². The first-order chi connectivity index (χ1) is 13.2. The number of hydrogen-bond donors (Lipinski definition) is 1. The van der Waals surface area contributed by atoms with Gasteiger partial charge in [-0.1, -0.05) is 30.3 Å². The Morgan fingerprint density at radius 3 is 2.59 bits per heavy atom. The first-order valence-electron chi connectivity index (χ1n) is 8.63. The molecule has 1 amide bonds. The van der Waals surface area contributed by atoms with Crippen molar-refractivity contribution in [2.75, 3.05) is 5.32 Å². The van der Waals surface area contributed by atoms with Gasteiger partial charge >= 0.3 is 0 Å². The maximum absolute atomic E-state index is 12.5. The fourth-order valence-electron chi connectivity index (χ4n) is 2.77. The number of fused-ring (bicyclic) bond motifs is 1. The van der Waals surface area contributed by atoms with Crippen LogP contribution in [-0.4, -0.2) is 10.9 Å². The van der Waals surface area contributed by atoms with Crippen molar-refractivity contribution in [3.8, 4) is 5.75 Å². The molecule has 0 radical (unpaired) electrons. The predicted molar refractivity (Wildman–Crippen MR) is 104 cm³/mol. The molecule has 27 heavy (non-hydrogen) atoms. The van der Waals surface area contributed by atoms with Gasteiger partial charge in [0, 0.05) is 18.2 Å². The Morgan fingerprint density at radius 2 is 1.81 bits per heavy atom. The number of carbonyl (C=O) groups is 1. The summed E-state index contributed by atoms with van der Waals surface area (Å²) in [6.07, 6.45) is 0. The second kappa shape index (κ2) is 7.33. The molecule has 1 aromatic heterocycles. The van der Waals surface area contributed by atoms with Crippen molar-refractivity contribution in [2.45, 2.75) is 13.5 Å². The average molecular weight is 358 g/mol. The first-order valence-corrected chi connectivity index (χ1v) is 8.63. The van der Waals surface area contributed by atoms with Crippen molar-refractivity contribution in [1.29, 1.82) is 0 Å². The third-order valence-corrected chi connectivity index (χ3v) is 4.12.